The molecule has 0 aromatic carbocycles. The van der Waals surface area contributed by atoms with Crippen LogP contribution < -0.4 is 4.74 Å². The number of fused-ring (bicyclic) bond motifs is 1. The zero-order valence-electron chi connectivity index (χ0n) is 21.0. The lowest BCUT2D eigenvalue weighted by molar-refractivity contribution is -0.173. The summed E-state index contributed by atoms with van der Waals surface area (Å²) in [7, 11) is 1.46. The molecule has 0 spiro atoms. The van der Waals surface area contributed by atoms with Crippen LogP contribution in [-0.2, 0) is 33.3 Å². The van der Waals surface area contributed by atoms with Crippen LogP contribution in [0.3, 0.4) is 0 Å². The van der Waals surface area contributed by atoms with Gasteiger partial charge < -0.3 is 23.7 Å². The fourth-order valence-electron chi connectivity index (χ4n) is 3.37. The molecule has 35 heavy (non-hydrogen) atoms. The fourth-order valence-corrected chi connectivity index (χ4v) is 3.37. The third kappa shape index (κ3) is 5.69. The van der Waals surface area contributed by atoms with Gasteiger partial charge in [-0.1, -0.05) is 41.5 Å². The maximum Gasteiger partial charge on any atom is 0.308 e. The first kappa shape index (κ1) is 26.3. The van der Waals surface area contributed by atoms with Gasteiger partial charge in [-0.05, 0) is 0 Å². The summed E-state index contributed by atoms with van der Waals surface area (Å²) in [5.41, 5.74) is 0.735. The second kappa shape index (κ2) is 11.0. The summed E-state index contributed by atoms with van der Waals surface area (Å²) in [6.45, 7) is 9.95. The van der Waals surface area contributed by atoms with Gasteiger partial charge >= 0.3 is 17.9 Å². The molecule has 0 bridgehead atoms. The van der Waals surface area contributed by atoms with Crippen LogP contribution in [-0.4, -0.2) is 69.5 Å². The average Bonchev–Trinajstić information content (AvgIpc) is 3.38. The van der Waals surface area contributed by atoms with Crippen molar-refractivity contribution in [2.45, 2.75) is 66.1 Å². The van der Waals surface area contributed by atoms with E-state index in [0.717, 1.165) is 0 Å². The van der Waals surface area contributed by atoms with E-state index in [-0.39, 0.29) is 18.4 Å². The van der Waals surface area contributed by atoms with E-state index >= 15 is 0 Å². The largest absolute Gasteiger partial charge is 0.479 e. The van der Waals surface area contributed by atoms with Gasteiger partial charge in [-0.15, -0.1) is 0 Å². The van der Waals surface area contributed by atoms with Gasteiger partial charge in [0.15, 0.2) is 29.6 Å². The monoisotopic (exact) mass is 492 g/mol. The molecule has 1 fully saturated rings. The number of hydrogen-bond donors (Lipinski definition) is 0. The van der Waals surface area contributed by atoms with E-state index in [0.29, 0.717) is 11.2 Å². The first-order chi connectivity index (χ1) is 16.5. The highest BCUT2D eigenvalue weighted by atomic mass is 16.7. The standard InChI is InChI=1S/C23H32N4O8/c1-11(2)21(28)32-8-14-16(34-22(29)12(3)4)17(35-23(30)13(5)6)20(33-14)27-10-26-15-18(27)24-9-25-19(15)31-7/h9-14,16-17,20H,8H2,1-7H3/t14-,16-,17+,20-/m1/s1. The van der Waals surface area contributed by atoms with Crippen molar-refractivity contribution in [3.8, 4) is 5.88 Å². The van der Waals surface area contributed by atoms with Crippen molar-refractivity contribution in [3.63, 3.8) is 0 Å². The molecule has 12 nitrogen and oxygen atoms in total. The maximum atomic E-state index is 12.6. The minimum absolute atomic E-state index is 0.204. The van der Waals surface area contributed by atoms with Crippen LogP contribution >= 0.6 is 0 Å². The van der Waals surface area contributed by atoms with Crippen LogP contribution in [0.1, 0.15) is 47.8 Å². The molecule has 0 unspecified atom stereocenters. The average molecular weight is 493 g/mol. The van der Waals surface area contributed by atoms with Crippen LogP contribution in [0.15, 0.2) is 12.7 Å². The molecule has 192 valence electrons. The fraction of sp³-hybridized carbons (Fsp3) is 0.652. The van der Waals surface area contributed by atoms with Gasteiger partial charge in [0.1, 0.15) is 19.0 Å². The maximum absolute atomic E-state index is 12.6. The summed E-state index contributed by atoms with van der Waals surface area (Å²) in [4.78, 5) is 50.0. The summed E-state index contributed by atoms with van der Waals surface area (Å²) >= 11 is 0. The highest BCUT2D eigenvalue weighted by Gasteiger charge is 2.52. The van der Waals surface area contributed by atoms with Gasteiger partial charge in [0.25, 0.3) is 0 Å². The molecule has 1 aliphatic heterocycles. The van der Waals surface area contributed by atoms with Crippen LogP contribution in [0.5, 0.6) is 5.88 Å². The van der Waals surface area contributed by atoms with Crippen molar-refractivity contribution >= 4 is 29.1 Å². The molecule has 0 aliphatic carbocycles. The number of hydrogen-bond acceptors (Lipinski definition) is 11. The lowest BCUT2D eigenvalue weighted by Crippen LogP contribution is -2.42. The van der Waals surface area contributed by atoms with Crippen molar-refractivity contribution in [2.75, 3.05) is 13.7 Å². The van der Waals surface area contributed by atoms with Crippen molar-refractivity contribution in [1.29, 1.82) is 0 Å². The van der Waals surface area contributed by atoms with Crippen molar-refractivity contribution in [2.24, 2.45) is 17.8 Å². The van der Waals surface area contributed by atoms with E-state index in [2.05, 4.69) is 15.0 Å². The predicted octanol–water partition coefficient (Wildman–Crippen LogP) is 2.07. The zero-order chi connectivity index (χ0) is 25.9. The van der Waals surface area contributed by atoms with Gasteiger partial charge in [-0.25, -0.2) is 9.97 Å². The number of esters is 3. The van der Waals surface area contributed by atoms with Crippen molar-refractivity contribution < 1.29 is 38.1 Å². The lowest BCUT2D eigenvalue weighted by atomic mass is 10.1. The number of methoxy groups -OCH3 is 1. The SMILES string of the molecule is COc1ncnc2c1ncn2[C@@H]1O[C@H](COC(=O)C(C)C)[C@@H](OC(=O)C(C)C)[C@@H]1OC(=O)C(C)C. The Morgan fingerprint density at radius 1 is 0.914 bits per heavy atom. The van der Waals surface area contributed by atoms with E-state index in [9.17, 15) is 14.4 Å². The molecule has 0 amide bonds. The van der Waals surface area contributed by atoms with E-state index in [1.165, 1.54) is 19.8 Å². The number of aromatic nitrogens is 4. The normalized spacial score (nSPS) is 22.1. The third-order valence-electron chi connectivity index (χ3n) is 5.39. The quantitative estimate of drug-likeness (QED) is 0.375. The molecule has 3 rings (SSSR count). The third-order valence-corrected chi connectivity index (χ3v) is 5.39. The Morgan fingerprint density at radius 3 is 2.09 bits per heavy atom. The molecule has 0 saturated carbocycles. The Bertz CT molecular complexity index is 1070. The molecule has 12 heteroatoms. The Balaban J connectivity index is 2.03. The summed E-state index contributed by atoms with van der Waals surface area (Å²) in [6.07, 6.45) is -1.23. The van der Waals surface area contributed by atoms with Crippen LogP contribution in [0.25, 0.3) is 11.2 Å². The highest BCUT2D eigenvalue weighted by molar-refractivity contribution is 5.76. The number of nitrogens with zero attached hydrogens (tertiary/aromatic N) is 4. The highest BCUT2D eigenvalue weighted by Crippen LogP contribution is 2.37. The molecule has 4 atom stereocenters. The van der Waals surface area contributed by atoms with E-state index in [4.69, 9.17) is 23.7 Å². The predicted molar refractivity (Wildman–Crippen MR) is 121 cm³/mol. The first-order valence-electron chi connectivity index (χ1n) is 11.5. The van der Waals surface area contributed by atoms with E-state index in [1.54, 1.807) is 46.1 Å². The number of imidazole rings is 1. The van der Waals surface area contributed by atoms with Gasteiger partial charge in [0, 0.05) is 0 Å². The number of carbonyl (C=O) groups excluding carboxylic acids is 3. The summed E-state index contributed by atoms with van der Waals surface area (Å²) in [6, 6.07) is 0. The number of ether oxygens (including phenoxy) is 5. The molecule has 0 N–H and O–H groups in total. The zero-order valence-corrected chi connectivity index (χ0v) is 21.0. The van der Waals surface area contributed by atoms with Crippen LogP contribution in [0, 0.1) is 17.8 Å². The Labute approximate surface area is 203 Å². The Kier molecular flexibility index (Phi) is 8.26. The molecule has 0 radical (unpaired) electrons. The molecule has 2 aromatic heterocycles. The molecule has 2 aromatic rings. The van der Waals surface area contributed by atoms with Crippen LogP contribution in [0.2, 0.25) is 0 Å². The van der Waals surface area contributed by atoms with Gasteiger partial charge in [-0.3, -0.25) is 19.0 Å². The van der Waals surface area contributed by atoms with Gasteiger partial charge in [0.05, 0.1) is 31.2 Å². The molecular formula is C23H32N4O8. The van der Waals surface area contributed by atoms with E-state index in [1.807, 2.05) is 0 Å². The van der Waals surface area contributed by atoms with Crippen molar-refractivity contribution in [1.82, 2.24) is 19.5 Å². The summed E-state index contributed by atoms with van der Waals surface area (Å²) < 4.78 is 29.9. The van der Waals surface area contributed by atoms with Gasteiger partial charge in [0.2, 0.25) is 5.88 Å². The second-order valence-electron chi connectivity index (χ2n) is 9.17. The van der Waals surface area contributed by atoms with Crippen LogP contribution in [0.4, 0.5) is 0 Å². The Hall–Kier alpha value is -3.28. The molecule has 1 saturated heterocycles. The van der Waals surface area contributed by atoms with E-state index < -0.39 is 54.3 Å². The summed E-state index contributed by atoms with van der Waals surface area (Å²) in [5.74, 6) is -2.45. The summed E-state index contributed by atoms with van der Waals surface area (Å²) in [5, 5.41) is 0. The first-order valence-corrected chi connectivity index (χ1v) is 11.5. The molecule has 1 aliphatic rings. The topological polar surface area (TPSA) is 141 Å². The smallest absolute Gasteiger partial charge is 0.308 e. The second-order valence-corrected chi connectivity index (χ2v) is 9.17. The van der Waals surface area contributed by atoms with Crippen molar-refractivity contribution in [3.05, 3.63) is 12.7 Å². The van der Waals surface area contributed by atoms with Gasteiger partial charge in [-0.2, -0.15) is 4.98 Å². The number of carbonyl (C=O) groups is 3. The minimum Gasteiger partial charge on any atom is -0.479 e. The Morgan fingerprint density at radius 2 is 1.51 bits per heavy atom. The molecule has 3 heterocycles. The molecular weight excluding hydrogens is 460 g/mol. The number of rotatable bonds is 9. The lowest BCUT2D eigenvalue weighted by Gasteiger charge is -2.26. The minimum atomic E-state index is -1.06.